The number of pyridine rings is 1. The van der Waals surface area contributed by atoms with E-state index in [0.717, 1.165) is 27.7 Å². The van der Waals surface area contributed by atoms with Crippen LogP contribution in [0.15, 0.2) is 67.1 Å². The number of hydrogen-bond donors (Lipinski definition) is 2. The van der Waals surface area contributed by atoms with Gasteiger partial charge in [0.15, 0.2) is 0 Å². The van der Waals surface area contributed by atoms with Crippen molar-refractivity contribution in [2.24, 2.45) is 5.92 Å². The predicted molar refractivity (Wildman–Crippen MR) is 123 cm³/mol. The fraction of sp³-hybridized carbons (Fsp3) is 0.200. The lowest BCUT2D eigenvalue weighted by Gasteiger charge is -2.14. The summed E-state index contributed by atoms with van der Waals surface area (Å²) >= 11 is 0. The molecule has 1 unspecified atom stereocenters. The van der Waals surface area contributed by atoms with E-state index in [9.17, 15) is 4.79 Å². The SMILES string of the molecule is Cc1ccccc1-c1ccc2nc(N)c(CC(C)C(=O)NCc3ccncn3)cc2c1. The van der Waals surface area contributed by atoms with Gasteiger partial charge < -0.3 is 11.1 Å². The van der Waals surface area contributed by atoms with Crippen molar-refractivity contribution in [1.29, 1.82) is 0 Å². The van der Waals surface area contributed by atoms with Gasteiger partial charge in [0.25, 0.3) is 0 Å². The van der Waals surface area contributed by atoms with Gasteiger partial charge in [-0.25, -0.2) is 15.0 Å². The zero-order valence-electron chi connectivity index (χ0n) is 17.7. The van der Waals surface area contributed by atoms with Crippen LogP contribution < -0.4 is 11.1 Å². The lowest BCUT2D eigenvalue weighted by atomic mass is 9.96. The van der Waals surface area contributed by atoms with Gasteiger partial charge in [0.1, 0.15) is 12.1 Å². The molecule has 0 aliphatic heterocycles. The van der Waals surface area contributed by atoms with E-state index in [1.165, 1.54) is 17.5 Å². The summed E-state index contributed by atoms with van der Waals surface area (Å²) in [5, 5.41) is 3.93. The second-order valence-electron chi connectivity index (χ2n) is 7.78. The fourth-order valence-electron chi connectivity index (χ4n) is 3.66. The van der Waals surface area contributed by atoms with Gasteiger partial charge in [-0.1, -0.05) is 37.3 Å². The average Bonchev–Trinajstić information content (AvgIpc) is 2.78. The van der Waals surface area contributed by atoms with E-state index in [1.807, 2.05) is 31.2 Å². The highest BCUT2D eigenvalue weighted by molar-refractivity contribution is 5.87. The maximum absolute atomic E-state index is 12.6. The molecule has 0 saturated carbocycles. The van der Waals surface area contributed by atoms with Crippen LogP contribution in [0.2, 0.25) is 0 Å². The molecule has 3 N–H and O–H groups in total. The number of nitrogens with one attached hydrogen (secondary N) is 1. The Balaban J connectivity index is 1.53. The van der Waals surface area contributed by atoms with Crippen LogP contribution in [0.5, 0.6) is 0 Å². The molecule has 0 aliphatic rings. The van der Waals surface area contributed by atoms with Gasteiger partial charge in [-0.2, -0.15) is 0 Å². The quantitative estimate of drug-likeness (QED) is 0.499. The number of aryl methyl sites for hydroxylation is 1. The number of hydrogen-bond acceptors (Lipinski definition) is 5. The third-order valence-electron chi connectivity index (χ3n) is 5.44. The van der Waals surface area contributed by atoms with Gasteiger partial charge in [-0.3, -0.25) is 4.79 Å². The topological polar surface area (TPSA) is 93.8 Å². The molecule has 2 heterocycles. The summed E-state index contributed by atoms with van der Waals surface area (Å²) < 4.78 is 0. The number of nitrogen functional groups attached to an aromatic ring is 1. The third-order valence-corrected chi connectivity index (χ3v) is 5.44. The van der Waals surface area contributed by atoms with E-state index >= 15 is 0 Å². The molecule has 0 bridgehead atoms. The van der Waals surface area contributed by atoms with Crippen molar-refractivity contribution in [2.75, 3.05) is 5.73 Å². The van der Waals surface area contributed by atoms with Crippen LogP contribution in [0.1, 0.15) is 23.7 Å². The normalized spacial score (nSPS) is 11.9. The Morgan fingerprint density at radius 1 is 1.13 bits per heavy atom. The van der Waals surface area contributed by atoms with Gasteiger partial charge in [0.2, 0.25) is 5.91 Å². The van der Waals surface area contributed by atoms with E-state index in [-0.39, 0.29) is 11.8 Å². The molecule has 2 aromatic carbocycles. The molecule has 2 aromatic heterocycles. The smallest absolute Gasteiger partial charge is 0.223 e. The van der Waals surface area contributed by atoms with Crippen LogP contribution in [-0.4, -0.2) is 20.9 Å². The van der Waals surface area contributed by atoms with Crippen LogP contribution in [0.3, 0.4) is 0 Å². The van der Waals surface area contributed by atoms with Gasteiger partial charge >= 0.3 is 0 Å². The van der Waals surface area contributed by atoms with Gasteiger partial charge in [-0.05, 0) is 59.9 Å². The minimum absolute atomic E-state index is 0.0493. The van der Waals surface area contributed by atoms with Crippen molar-refractivity contribution in [3.63, 3.8) is 0 Å². The Kier molecular flexibility index (Phi) is 5.89. The van der Waals surface area contributed by atoms with Gasteiger partial charge in [-0.15, -0.1) is 0 Å². The second kappa shape index (κ2) is 8.92. The maximum atomic E-state index is 12.6. The van der Waals surface area contributed by atoms with Crippen LogP contribution in [0.25, 0.3) is 22.0 Å². The highest BCUT2D eigenvalue weighted by Crippen LogP contribution is 2.28. The van der Waals surface area contributed by atoms with Crippen molar-refractivity contribution < 1.29 is 4.79 Å². The van der Waals surface area contributed by atoms with Crippen molar-refractivity contribution in [3.8, 4) is 11.1 Å². The number of amides is 1. The number of aromatic nitrogens is 3. The molecule has 156 valence electrons. The molecule has 0 spiro atoms. The summed E-state index contributed by atoms with van der Waals surface area (Å²) in [5.41, 5.74) is 12.3. The van der Waals surface area contributed by atoms with Crippen LogP contribution >= 0.6 is 0 Å². The summed E-state index contributed by atoms with van der Waals surface area (Å²) in [6, 6.07) is 18.3. The Hall–Kier alpha value is -3.80. The fourth-order valence-corrected chi connectivity index (χ4v) is 3.66. The van der Waals surface area contributed by atoms with E-state index in [1.54, 1.807) is 12.3 Å². The highest BCUT2D eigenvalue weighted by atomic mass is 16.1. The van der Waals surface area contributed by atoms with Crippen molar-refractivity contribution in [1.82, 2.24) is 20.3 Å². The van der Waals surface area contributed by atoms with E-state index < -0.39 is 0 Å². The molecular weight excluding hydrogens is 386 g/mol. The largest absolute Gasteiger partial charge is 0.383 e. The average molecular weight is 412 g/mol. The van der Waals surface area contributed by atoms with Crippen molar-refractivity contribution in [3.05, 3.63) is 83.9 Å². The second-order valence-corrected chi connectivity index (χ2v) is 7.78. The lowest BCUT2D eigenvalue weighted by molar-refractivity contribution is -0.124. The van der Waals surface area contributed by atoms with E-state index in [2.05, 4.69) is 51.5 Å². The number of rotatable bonds is 6. The lowest BCUT2D eigenvalue weighted by Crippen LogP contribution is -2.30. The minimum atomic E-state index is -0.247. The van der Waals surface area contributed by atoms with E-state index in [4.69, 9.17) is 5.73 Å². The minimum Gasteiger partial charge on any atom is -0.383 e. The van der Waals surface area contributed by atoms with Crippen LogP contribution in [0, 0.1) is 12.8 Å². The number of carbonyl (C=O) groups excluding carboxylic acids is 1. The first-order valence-corrected chi connectivity index (χ1v) is 10.3. The third kappa shape index (κ3) is 4.69. The molecule has 31 heavy (non-hydrogen) atoms. The molecule has 6 heteroatoms. The highest BCUT2D eigenvalue weighted by Gasteiger charge is 2.16. The Morgan fingerprint density at radius 2 is 1.97 bits per heavy atom. The standard InChI is InChI=1S/C25H25N5O/c1-16-5-3-4-6-22(16)18-7-8-23-19(12-18)13-20(24(26)30-23)11-17(2)25(31)28-14-21-9-10-27-15-29-21/h3-10,12-13,15,17H,11,14H2,1-2H3,(H2,26,30)(H,28,31). The zero-order chi connectivity index (χ0) is 21.8. The molecule has 1 amide bonds. The molecule has 6 nitrogen and oxygen atoms in total. The molecule has 4 rings (SSSR count). The molecule has 0 radical (unpaired) electrons. The molecule has 0 saturated heterocycles. The first-order valence-electron chi connectivity index (χ1n) is 10.3. The summed E-state index contributed by atoms with van der Waals surface area (Å²) in [4.78, 5) is 25.1. The first-order chi connectivity index (χ1) is 15.0. The Morgan fingerprint density at radius 3 is 2.74 bits per heavy atom. The molecule has 1 atom stereocenters. The summed E-state index contributed by atoms with van der Waals surface area (Å²) in [7, 11) is 0. The Bertz CT molecular complexity index is 1220. The van der Waals surface area contributed by atoms with Crippen molar-refractivity contribution in [2.45, 2.75) is 26.8 Å². The van der Waals surface area contributed by atoms with Crippen molar-refractivity contribution >= 4 is 22.6 Å². The number of anilines is 1. The summed E-state index contributed by atoms with van der Waals surface area (Å²) in [6.45, 7) is 4.37. The summed E-state index contributed by atoms with van der Waals surface area (Å²) in [6.07, 6.45) is 3.64. The number of nitrogens with two attached hydrogens (primary N) is 1. The van der Waals surface area contributed by atoms with Gasteiger partial charge in [0, 0.05) is 17.5 Å². The van der Waals surface area contributed by atoms with E-state index in [0.29, 0.717) is 18.8 Å². The molecular formula is C25H25N5O. The zero-order valence-corrected chi connectivity index (χ0v) is 17.7. The summed E-state index contributed by atoms with van der Waals surface area (Å²) in [5.74, 6) is 0.168. The van der Waals surface area contributed by atoms with Crippen LogP contribution in [0.4, 0.5) is 5.82 Å². The molecule has 0 fully saturated rings. The van der Waals surface area contributed by atoms with Crippen LogP contribution in [-0.2, 0) is 17.8 Å². The number of fused-ring (bicyclic) bond motifs is 1. The number of benzene rings is 2. The number of nitrogens with zero attached hydrogens (tertiary/aromatic N) is 3. The monoisotopic (exact) mass is 411 g/mol. The molecule has 0 aliphatic carbocycles. The Labute approximate surface area is 181 Å². The first kappa shape index (κ1) is 20.5. The maximum Gasteiger partial charge on any atom is 0.223 e. The van der Waals surface area contributed by atoms with Gasteiger partial charge in [0.05, 0.1) is 17.8 Å². The molecule has 4 aromatic rings. The number of carbonyl (C=O) groups is 1. The predicted octanol–water partition coefficient (Wildman–Crippen LogP) is 4.08.